The zero-order chi connectivity index (χ0) is 14.8. The van der Waals surface area contributed by atoms with Gasteiger partial charge in [-0.1, -0.05) is 40.2 Å². The first-order valence-electron chi connectivity index (χ1n) is 7.38. The van der Waals surface area contributed by atoms with Gasteiger partial charge in [0.1, 0.15) is 5.75 Å². The molecule has 1 atom stereocenters. The maximum absolute atomic E-state index is 6.05. The standard InChI is InChI=1S/C18H20BrNO/c1-12-4-2-3-5-17(12)15(11-20)8-14-10-16(19)9-13-6-7-21-18(13)14/h2-5,9-10,15H,6-8,11,20H2,1H3. The molecule has 21 heavy (non-hydrogen) atoms. The average Bonchev–Trinajstić information content (AvgIpc) is 2.93. The van der Waals surface area contributed by atoms with E-state index >= 15 is 0 Å². The van der Waals surface area contributed by atoms with Crippen LogP contribution >= 0.6 is 15.9 Å². The van der Waals surface area contributed by atoms with Crippen LogP contribution in [0.15, 0.2) is 40.9 Å². The lowest BCUT2D eigenvalue weighted by Gasteiger charge is -2.19. The van der Waals surface area contributed by atoms with Crippen molar-refractivity contribution in [3.05, 3.63) is 63.1 Å². The lowest BCUT2D eigenvalue weighted by atomic mass is 9.88. The molecular weight excluding hydrogens is 326 g/mol. The Morgan fingerprint density at radius 3 is 2.86 bits per heavy atom. The summed E-state index contributed by atoms with van der Waals surface area (Å²) in [5, 5.41) is 0. The van der Waals surface area contributed by atoms with Crippen LogP contribution in [0.1, 0.15) is 28.2 Å². The van der Waals surface area contributed by atoms with E-state index in [1.807, 2.05) is 0 Å². The van der Waals surface area contributed by atoms with E-state index in [0.29, 0.717) is 12.5 Å². The Hall–Kier alpha value is -1.32. The van der Waals surface area contributed by atoms with Gasteiger partial charge in [0.25, 0.3) is 0 Å². The minimum Gasteiger partial charge on any atom is -0.493 e. The molecule has 1 aliphatic heterocycles. The second-order valence-electron chi connectivity index (χ2n) is 5.64. The fourth-order valence-electron chi connectivity index (χ4n) is 3.13. The maximum atomic E-state index is 6.05. The summed E-state index contributed by atoms with van der Waals surface area (Å²) in [5.41, 5.74) is 11.3. The summed E-state index contributed by atoms with van der Waals surface area (Å²) in [6.45, 7) is 3.59. The Kier molecular flexibility index (Phi) is 4.32. The first-order chi connectivity index (χ1) is 10.2. The second kappa shape index (κ2) is 6.20. The van der Waals surface area contributed by atoms with Crippen molar-refractivity contribution in [2.75, 3.05) is 13.2 Å². The Labute approximate surface area is 134 Å². The van der Waals surface area contributed by atoms with Crippen LogP contribution in [0.5, 0.6) is 5.75 Å². The Balaban J connectivity index is 1.94. The fourth-order valence-corrected chi connectivity index (χ4v) is 3.68. The van der Waals surface area contributed by atoms with Crippen molar-refractivity contribution in [3.63, 3.8) is 0 Å². The highest BCUT2D eigenvalue weighted by Crippen LogP contribution is 2.36. The summed E-state index contributed by atoms with van der Waals surface area (Å²) >= 11 is 3.61. The van der Waals surface area contributed by atoms with Crippen molar-refractivity contribution in [2.45, 2.75) is 25.7 Å². The monoisotopic (exact) mass is 345 g/mol. The van der Waals surface area contributed by atoms with Crippen LogP contribution in [0.4, 0.5) is 0 Å². The third-order valence-corrected chi connectivity index (χ3v) is 4.66. The van der Waals surface area contributed by atoms with Crippen LogP contribution in [0.3, 0.4) is 0 Å². The van der Waals surface area contributed by atoms with E-state index in [0.717, 1.165) is 29.7 Å². The number of fused-ring (bicyclic) bond motifs is 1. The number of ether oxygens (including phenoxy) is 1. The molecule has 3 rings (SSSR count). The molecule has 0 radical (unpaired) electrons. The molecule has 2 aromatic rings. The van der Waals surface area contributed by atoms with Gasteiger partial charge in [-0.15, -0.1) is 0 Å². The van der Waals surface area contributed by atoms with Crippen molar-refractivity contribution < 1.29 is 4.74 Å². The van der Waals surface area contributed by atoms with Gasteiger partial charge in [-0.25, -0.2) is 0 Å². The molecule has 2 N–H and O–H groups in total. The van der Waals surface area contributed by atoms with Crippen LogP contribution in [0.25, 0.3) is 0 Å². The number of hydrogen-bond donors (Lipinski definition) is 1. The Morgan fingerprint density at radius 1 is 1.29 bits per heavy atom. The van der Waals surface area contributed by atoms with Crippen molar-refractivity contribution in [2.24, 2.45) is 5.73 Å². The topological polar surface area (TPSA) is 35.2 Å². The van der Waals surface area contributed by atoms with Gasteiger partial charge in [0.2, 0.25) is 0 Å². The van der Waals surface area contributed by atoms with Gasteiger partial charge in [-0.05, 0) is 54.3 Å². The minimum atomic E-state index is 0.328. The predicted molar refractivity (Wildman–Crippen MR) is 90.0 cm³/mol. The zero-order valence-corrected chi connectivity index (χ0v) is 13.8. The summed E-state index contributed by atoms with van der Waals surface area (Å²) < 4.78 is 6.96. The third kappa shape index (κ3) is 2.99. The summed E-state index contributed by atoms with van der Waals surface area (Å²) in [4.78, 5) is 0. The molecule has 0 amide bonds. The van der Waals surface area contributed by atoms with Crippen LogP contribution in [0.2, 0.25) is 0 Å². The van der Waals surface area contributed by atoms with Gasteiger partial charge in [-0.3, -0.25) is 0 Å². The number of aryl methyl sites for hydroxylation is 1. The van der Waals surface area contributed by atoms with Gasteiger partial charge >= 0.3 is 0 Å². The maximum Gasteiger partial charge on any atom is 0.125 e. The van der Waals surface area contributed by atoms with E-state index in [9.17, 15) is 0 Å². The molecule has 1 unspecified atom stereocenters. The molecule has 0 bridgehead atoms. The summed E-state index contributed by atoms with van der Waals surface area (Å²) in [5.74, 6) is 1.40. The van der Waals surface area contributed by atoms with Gasteiger partial charge in [0.05, 0.1) is 6.61 Å². The SMILES string of the molecule is Cc1ccccc1C(CN)Cc1cc(Br)cc2c1OCC2. The summed E-state index contributed by atoms with van der Waals surface area (Å²) in [6, 6.07) is 12.8. The highest BCUT2D eigenvalue weighted by atomic mass is 79.9. The Morgan fingerprint density at radius 2 is 2.10 bits per heavy atom. The van der Waals surface area contributed by atoms with Crippen LogP contribution in [0, 0.1) is 6.92 Å². The molecule has 0 saturated carbocycles. The number of hydrogen-bond acceptors (Lipinski definition) is 2. The normalized spacial score (nSPS) is 14.6. The number of halogens is 1. The first-order valence-corrected chi connectivity index (χ1v) is 8.18. The van der Waals surface area contributed by atoms with Crippen molar-refractivity contribution in [1.82, 2.24) is 0 Å². The molecular formula is C18H20BrNO. The summed E-state index contributed by atoms with van der Waals surface area (Å²) in [7, 11) is 0. The molecule has 3 heteroatoms. The van der Waals surface area contributed by atoms with E-state index in [1.54, 1.807) is 0 Å². The first kappa shape index (κ1) is 14.6. The van der Waals surface area contributed by atoms with E-state index < -0.39 is 0 Å². The molecule has 1 aliphatic rings. The fraction of sp³-hybridized carbons (Fsp3) is 0.333. The molecule has 2 nitrogen and oxygen atoms in total. The number of benzene rings is 2. The van der Waals surface area contributed by atoms with E-state index in [2.05, 4.69) is 59.3 Å². The van der Waals surface area contributed by atoms with Crippen LogP contribution in [-0.4, -0.2) is 13.2 Å². The van der Waals surface area contributed by atoms with E-state index in [-0.39, 0.29) is 0 Å². The highest BCUT2D eigenvalue weighted by molar-refractivity contribution is 9.10. The molecule has 110 valence electrons. The van der Waals surface area contributed by atoms with Gasteiger partial charge in [0.15, 0.2) is 0 Å². The van der Waals surface area contributed by atoms with Crippen molar-refractivity contribution in [1.29, 1.82) is 0 Å². The van der Waals surface area contributed by atoms with Crippen LogP contribution in [-0.2, 0) is 12.8 Å². The highest BCUT2D eigenvalue weighted by Gasteiger charge is 2.21. The number of rotatable bonds is 4. The van der Waals surface area contributed by atoms with Gasteiger partial charge in [-0.2, -0.15) is 0 Å². The molecule has 0 aliphatic carbocycles. The third-order valence-electron chi connectivity index (χ3n) is 4.20. The Bertz CT molecular complexity index is 654. The molecule has 2 aromatic carbocycles. The largest absolute Gasteiger partial charge is 0.493 e. The van der Waals surface area contributed by atoms with E-state index in [4.69, 9.17) is 10.5 Å². The lowest BCUT2D eigenvalue weighted by molar-refractivity contribution is 0.352. The summed E-state index contributed by atoms with van der Waals surface area (Å²) in [6.07, 6.45) is 1.92. The quantitative estimate of drug-likeness (QED) is 0.909. The van der Waals surface area contributed by atoms with Crippen molar-refractivity contribution >= 4 is 15.9 Å². The molecule has 0 aromatic heterocycles. The molecule has 1 heterocycles. The molecule has 0 spiro atoms. The average molecular weight is 346 g/mol. The zero-order valence-electron chi connectivity index (χ0n) is 12.2. The minimum absolute atomic E-state index is 0.328. The number of nitrogens with two attached hydrogens (primary N) is 1. The lowest BCUT2D eigenvalue weighted by Crippen LogP contribution is -2.16. The molecule has 0 fully saturated rings. The van der Waals surface area contributed by atoms with Crippen LogP contribution < -0.4 is 10.5 Å². The predicted octanol–water partition coefficient (Wildman–Crippen LogP) is 3.98. The molecule has 0 saturated heterocycles. The second-order valence-corrected chi connectivity index (χ2v) is 6.56. The van der Waals surface area contributed by atoms with E-state index in [1.165, 1.54) is 22.3 Å². The van der Waals surface area contributed by atoms with Crippen molar-refractivity contribution in [3.8, 4) is 5.75 Å². The smallest absolute Gasteiger partial charge is 0.125 e. The van der Waals surface area contributed by atoms with Gasteiger partial charge in [0, 0.05) is 16.8 Å². The van der Waals surface area contributed by atoms with Gasteiger partial charge < -0.3 is 10.5 Å².